The molecule has 22 heavy (non-hydrogen) atoms. The lowest BCUT2D eigenvalue weighted by Gasteiger charge is -2.07. The molecule has 0 fully saturated rings. The summed E-state index contributed by atoms with van der Waals surface area (Å²) in [6, 6.07) is 8.47. The van der Waals surface area contributed by atoms with Crippen molar-refractivity contribution in [2.45, 2.75) is 13.1 Å². The van der Waals surface area contributed by atoms with Gasteiger partial charge in [0, 0.05) is 7.14 Å². The first-order chi connectivity index (χ1) is 10.3. The van der Waals surface area contributed by atoms with E-state index in [1.165, 1.54) is 23.9 Å². The number of oxime groups is 1. The van der Waals surface area contributed by atoms with Crippen molar-refractivity contribution < 1.29 is 18.0 Å². The summed E-state index contributed by atoms with van der Waals surface area (Å²) in [5.41, 5.74) is 1.24. The fourth-order valence-electron chi connectivity index (χ4n) is 1.62. The molecular formula is C15H10F3I2NO. The van der Waals surface area contributed by atoms with E-state index >= 15 is 0 Å². The van der Waals surface area contributed by atoms with Crippen LogP contribution in [0.4, 0.5) is 13.2 Å². The van der Waals surface area contributed by atoms with E-state index in [2.05, 4.69) is 50.3 Å². The number of hydrogen-bond donors (Lipinski definition) is 0. The monoisotopic (exact) mass is 531 g/mol. The second-order valence-electron chi connectivity index (χ2n) is 4.46. The lowest BCUT2D eigenvalue weighted by atomic mass is 10.2. The van der Waals surface area contributed by atoms with E-state index in [4.69, 9.17) is 4.84 Å². The van der Waals surface area contributed by atoms with E-state index in [0.717, 1.165) is 24.8 Å². The minimum atomic E-state index is -4.40. The summed E-state index contributed by atoms with van der Waals surface area (Å²) < 4.78 is 39.9. The Morgan fingerprint density at radius 2 is 1.73 bits per heavy atom. The molecule has 0 bridgehead atoms. The van der Waals surface area contributed by atoms with Crippen molar-refractivity contribution in [1.29, 1.82) is 0 Å². The Bertz CT molecular complexity index is 691. The molecule has 2 aromatic carbocycles. The van der Waals surface area contributed by atoms with Crippen LogP contribution in [0, 0.1) is 14.1 Å². The predicted molar refractivity (Wildman–Crippen MR) is 96.3 cm³/mol. The quantitative estimate of drug-likeness (QED) is 0.286. The topological polar surface area (TPSA) is 21.6 Å². The van der Waals surface area contributed by atoms with Crippen molar-refractivity contribution in [3.05, 3.63) is 60.2 Å². The van der Waals surface area contributed by atoms with E-state index in [1.807, 2.05) is 19.1 Å². The average Bonchev–Trinajstić information content (AvgIpc) is 2.44. The lowest BCUT2D eigenvalue weighted by Crippen LogP contribution is -2.04. The zero-order valence-corrected chi connectivity index (χ0v) is 15.6. The Morgan fingerprint density at radius 1 is 1.09 bits per heavy atom. The van der Waals surface area contributed by atoms with Gasteiger partial charge in [-0.3, -0.25) is 0 Å². The molecule has 0 heterocycles. The van der Waals surface area contributed by atoms with Crippen molar-refractivity contribution in [2.24, 2.45) is 5.16 Å². The molecule has 0 spiro atoms. The fraction of sp³-hybridized carbons (Fsp3) is 0.133. The Kier molecular flexibility index (Phi) is 5.70. The third kappa shape index (κ3) is 4.58. The van der Waals surface area contributed by atoms with Crippen LogP contribution in [-0.4, -0.2) is 6.21 Å². The van der Waals surface area contributed by atoms with Gasteiger partial charge in [-0.05, 0) is 93.6 Å². The summed E-state index contributed by atoms with van der Waals surface area (Å²) in [5.74, 6) is 0.0441. The van der Waals surface area contributed by atoms with E-state index < -0.39 is 11.7 Å². The predicted octanol–water partition coefficient (Wildman–Crippen LogP) is 5.64. The van der Waals surface area contributed by atoms with Gasteiger partial charge >= 0.3 is 6.18 Å². The summed E-state index contributed by atoms with van der Waals surface area (Å²) in [5, 5.41) is 3.75. The molecular weight excluding hydrogens is 521 g/mol. The molecule has 0 saturated carbocycles. The Morgan fingerprint density at radius 3 is 2.32 bits per heavy atom. The molecule has 7 heteroatoms. The van der Waals surface area contributed by atoms with Crippen LogP contribution >= 0.6 is 45.2 Å². The van der Waals surface area contributed by atoms with Gasteiger partial charge in [0.1, 0.15) is 0 Å². The van der Waals surface area contributed by atoms with Gasteiger partial charge in [-0.2, -0.15) is 13.2 Å². The van der Waals surface area contributed by atoms with Crippen LogP contribution in [0.3, 0.4) is 0 Å². The molecule has 0 aliphatic heterocycles. The van der Waals surface area contributed by atoms with Gasteiger partial charge in [0.15, 0.2) is 5.75 Å². The number of hydrogen-bond acceptors (Lipinski definition) is 2. The van der Waals surface area contributed by atoms with Crippen LogP contribution in [0.15, 0.2) is 41.6 Å². The Hall–Kier alpha value is -0.840. The molecule has 0 N–H and O–H groups in total. The summed E-state index contributed by atoms with van der Waals surface area (Å²) >= 11 is 4.44. The lowest BCUT2D eigenvalue weighted by molar-refractivity contribution is -0.137. The summed E-state index contributed by atoms with van der Waals surface area (Å²) in [4.78, 5) is 5.02. The summed E-state index contributed by atoms with van der Waals surface area (Å²) in [7, 11) is 0. The van der Waals surface area contributed by atoms with E-state index in [-0.39, 0.29) is 5.75 Å². The maximum Gasteiger partial charge on any atom is 0.416 e. The Labute approximate surface area is 153 Å². The van der Waals surface area contributed by atoms with E-state index in [0.29, 0.717) is 0 Å². The molecule has 0 radical (unpaired) electrons. The van der Waals surface area contributed by atoms with Crippen molar-refractivity contribution in [2.75, 3.05) is 0 Å². The molecule has 116 valence electrons. The molecule has 2 rings (SSSR count). The third-order valence-corrected chi connectivity index (χ3v) is 5.07. The van der Waals surface area contributed by atoms with Crippen LogP contribution in [0.25, 0.3) is 0 Å². The van der Waals surface area contributed by atoms with Crippen molar-refractivity contribution in [3.63, 3.8) is 0 Å². The molecule has 2 aromatic rings. The smallest absolute Gasteiger partial charge is 0.357 e. The van der Waals surface area contributed by atoms with Gasteiger partial charge < -0.3 is 4.84 Å². The second kappa shape index (κ2) is 7.16. The highest BCUT2D eigenvalue weighted by molar-refractivity contribution is 14.1. The largest absolute Gasteiger partial charge is 0.416 e. The van der Waals surface area contributed by atoms with Gasteiger partial charge in [-0.15, -0.1) is 0 Å². The third-order valence-electron chi connectivity index (χ3n) is 2.82. The molecule has 0 saturated heterocycles. The number of benzene rings is 2. The van der Waals surface area contributed by atoms with Crippen molar-refractivity contribution >= 4 is 51.4 Å². The van der Waals surface area contributed by atoms with E-state index in [1.54, 1.807) is 0 Å². The Balaban J connectivity index is 2.13. The zero-order chi connectivity index (χ0) is 16.3. The first-order valence-corrected chi connectivity index (χ1v) is 8.26. The molecule has 2 nitrogen and oxygen atoms in total. The van der Waals surface area contributed by atoms with Crippen LogP contribution in [0.5, 0.6) is 5.75 Å². The number of alkyl halides is 3. The van der Waals surface area contributed by atoms with Crippen molar-refractivity contribution in [1.82, 2.24) is 0 Å². The number of nitrogens with zero attached hydrogens (tertiary/aromatic N) is 1. The SMILES string of the molecule is Cc1c(I)cc(/C=N/Oc2cccc(C(F)(F)F)c2)cc1I. The van der Waals surface area contributed by atoms with Crippen LogP contribution in [-0.2, 0) is 6.18 Å². The maximum atomic E-state index is 12.6. The molecule has 0 aromatic heterocycles. The second-order valence-corrected chi connectivity index (χ2v) is 6.79. The van der Waals surface area contributed by atoms with Gasteiger partial charge in [0.25, 0.3) is 0 Å². The summed E-state index contributed by atoms with van der Waals surface area (Å²) in [6.45, 7) is 2.02. The van der Waals surface area contributed by atoms with E-state index in [9.17, 15) is 13.2 Å². The van der Waals surface area contributed by atoms with Gasteiger partial charge in [-0.1, -0.05) is 11.2 Å². The highest BCUT2D eigenvalue weighted by atomic mass is 127. The van der Waals surface area contributed by atoms with Crippen LogP contribution in [0.1, 0.15) is 16.7 Å². The molecule has 0 unspecified atom stereocenters. The first kappa shape index (κ1) is 17.5. The molecule has 0 aliphatic rings. The molecule has 0 atom stereocenters. The standard InChI is InChI=1S/C15H10F3I2NO/c1-9-13(19)5-10(6-14(9)20)8-21-22-12-4-2-3-11(7-12)15(16,17)18/h2-8H,1H3/b21-8+. The average molecular weight is 531 g/mol. The van der Waals surface area contributed by atoms with Crippen LogP contribution in [0.2, 0.25) is 0 Å². The van der Waals surface area contributed by atoms with Gasteiger partial charge in [0.2, 0.25) is 0 Å². The van der Waals surface area contributed by atoms with Gasteiger partial charge in [0.05, 0.1) is 11.8 Å². The normalized spacial score (nSPS) is 11.9. The summed E-state index contributed by atoms with van der Waals surface area (Å²) in [6.07, 6.45) is -2.92. The zero-order valence-electron chi connectivity index (χ0n) is 11.3. The highest BCUT2D eigenvalue weighted by Gasteiger charge is 2.30. The maximum absolute atomic E-state index is 12.6. The first-order valence-electron chi connectivity index (χ1n) is 6.10. The minimum absolute atomic E-state index is 0.0441. The molecule has 0 amide bonds. The minimum Gasteiger partial charge on any atom is -0.357 e. The van der Waals surface area contributed by atoms with Gasteiger partial charge in [-0.25, -0.2) is 0 Å². The molecule has 0 aliphatic carbocycles. The highest BCUT2D eigenvalue weighted by Crippen LogP contribution is 2.31. The number of halogens is 5. The number of rotatable bonds is 3. The fourth-order valence-corrected chi connectivity index (χ4v) is 3.43. The van der Waals surface area contributed by atoms with Crippen LogP contribution < -0.4 is 4.84 Å². The van der Waals surface area contributed by atoms with Crippen molar-refractivity contribution in [3.8, 4) is 5.75 Å².